The smallest absolute Gasteiger partial charge is 0.0725 e. The van der Waals surface area contributed by atoms with Crippen LogP contribution in [0.5, 0.6) is 0 Å². The summed E-state index contributed by atoms with van der Waals surface area (Å²) in [5.41, 5.74) is 23.4. The van der Waals surface area contributed by atoms with E-state index < -0.39 is 0 Å². The maximum absolute atomic E-state index is 2.42. The summed E-state index contributed by atoms with van der Waals surface area (Å²) in [7, 11) is 0. The molecule has 0 saturated heterocycles. The molecule has 0 bridgehead atoms. The van der Waals surface area contributed by atoms with Crippen LogP contribution in [-0.2, 0) is 5.41 Å². The second kappa shape index (κ2) is 14.6. The Morgan fingerprint density at radius 2 is 0.484 bits per heavy atom. The van der Waals surface area contributed by atoms with Crippen LogP contribution in [0, 0.1) is 0 Å². The third-order valence-corrected chi connectivity index (χ3v) is 13.1. The fourth-order valence-corrected chi connectivity index (χ4v) is 10.3. The van der Waals surface area contributed by atoms with Crippen molar-refractivity contribution in [2.45, 2.75) is 5.41 Å². The monoisotopic (exact) mass is 787 g/mol. The first kappa shape index (κ1) is 35.9. The zero-order chi connectivity index (χ0) is 41.0. The zero-order valence-corrected chi connectivity index (χ0v) is 34.1. The molecule has 2 aliphatic rings. The van der Waals surface area contributed by atoms with Gasteiger partial charge in [0.2, 0.25) is 0 Å². The fourth-order valence-electron chi connectivity index (χ4n) is 10.3. The Kier molecular flexibility index (Phi) is 8.47. The van der Waals surface area contributed by atoms with Crippen LogP contribution in [0.1, 0.15) is 22.3 Å². The summed E-state index contributed by atoms with van der Waals surface area (Å²) < 4.78 is 0. The van der Waals surface area contributed by atoms with Gasteiger partial charge in [-0.2, -0.15) is 0 Å². The first-order valence-electron chi connectivity index (χ1n) is 21.5. The van der Waals surface area contributed by atoms with Gasteiger partial charge in [0.25, 0.3) is 0 Å². The molecule has 2 aliphatic carbocycles. The van der Waals surface area contributed by atoms with Gasteiger partial charge in [0.15, 0.2) is 0 Å². The van der Waals surface area contributed by atoms with Crippen LogP contribution in [0.15, 0.2) is 249 Å². The summed E-state index contributed by atoms with van der Waals surface area (Å²) in [4.78, 5) is 2.34. The first-order valence-corrected chi connectivity index (χ1v) is 21.5. The van der Waals surface area contributed by atoms with Crippen molar-refractivity contribution in [2.24, 2.45) is 0 Å². The molecule has 0 saturated carbocycles. The molecule has 0 amide bonds. The number of fused-ring (bicyclic) bond motifs is 10. The molecule has 12 rings (SSSR count). The van der Waals surface area contributed by atoms with E-state index in [4.69, 9.17) is 0 Å². The topological polar surface area (TPSA) is 3.24 Å². The van der Waals surface area contributed by atoms with Crippen LogP contribution in [0.25, 0.3) is 66.8 Å². The van der Waals surface area contributed by atoms with Gasteiger partial charge in [0, 0.05) is 17.1 Å². The number of hydrogen-bond donors (Lipinski definition) is 0. The number of hydrogen-bond acceptors (Lipinski definition) is 1. The minimum absolute atomic E-state index is 0.319. The van der Waals surface area contributed by atoms with Gasteiger partial charge in [-0.05, 0) is 131 Å². The normalized spacial score (nSPS) is 12.6. The quantitative estimate of drug-likeness (QED) is 0.155. The molecule has 1 nitrogen and oxygen atoms in total. The summed E-state index contributed by atoms with van der Waals surface area (Å²) >= 11 is 0. The summed E-state index contributed by atoms with van der Waals surface area (Å²) in [6.45, 7) is 0. The largest absolute Gasteiger partial charge is 0.311 e. The third-order valence-electron chi connectivity index (χ3n) is 13.1. The van der Waals surface area contributed by atoms with Crippen LogP contribution in [0.2, 0.25) is 0 Å². The standard InChI is InChI=1S/C61H41N/c1-3-13-42(14-4-1)45-27-34-50(35-28-45)62(51-36-29-46(30-37-51)43-15-5-2-6-16-43)52-38-31-47(32-39-52)44-23-25-48(26-24-44)49-33-40-60-56(41-49)55-19-9-12-22-59(55)61(60)57-20-10-7-17-53(57)54-18-8-11-21-58(54)61/h1-41H. The van der Waals surface area contributed by atoms with Crippen LogP contribution in [0.3, 0.4) is 0 Å². The van der Waals surface area contributed by atoms with E-state index in [1.807, 2.05) is 0 Å². The third kappa shape index (κ3) is 5.70. The van der Waals surface area contributed by atoms with Gasteiger partial charge < -0.3 is 4.90 Å². The lowest BCUT2D eigenvalue weighted by atomic mass is 9.70. The van der Waals surface area contributed by atoms with Gasteiger partial charge in [-0.15, -0.1) is 0 Å². The van der Waals surface area contributed by atoms with Gasteiger partial charge in [-0.1, -0.05) is 206 Å². The SMILES string of the molecule is c1ccc(-c2ccc(N(c3ccc(-c4ccccc4)cc3)c3ccc(-c4ccc(-c5ccc6c(c5)-c5ccccc5C65c6ccccc6-c6ccccc65)cc4)cc3)cc2)cc1. The van der Waals surface area contributed by atoms with E-state index in [9.17, 15) is 0 Å². The molecule has 0 aromatic heterocycles. The summed E-state index contributed by atoms with van der Waals surface area (Å²) in [5.74, 6) is 0. The molecular weight excluding hydrogens is 747 g/mol. The fraction of sp³-hybridized carbons (Fsp3) is 0.0164. The predicted octanol–water partition coefficient (Wildman–Crippen LogP) is 16.2. The van der Waals surface area contributed by atoms with Crippen LogP contribution in [0.4, 0.5) is 17.1 Å². The van der Waals surface area contributed by atoms with Crippen molar-refractivity contribution in [3.05, 3.63) is 271 Å². The lowest BCUT2D eigenvalue weighted by Crippen LogP contribution is -2.25. The van der Waals surface area contributed by atoms with Crippen molar-refractivity contribution < 1.29 is 0 Å². The second-order valence-corrected chi connectivity index (χ2v) is 16.4. The average Bonchev–Trinajstić information content (AvgIpc) is 3.82. The van der Waals surface area contributed by atoms with E-state index in [0.29, 0.717) is 0 Å². The van der Waals surface area contributed by atoms with Crippen molar-refractivity contribution in [1.29, 1.82) is 0 Å². The van der Waals surface area contributed by atoms with Gasteiger partial charge >= 0.3 is 0 Å². The highest BCUT2D eigenvalue weighted by Gasteiger charge is 2.51. The van der Waals surface area contributed by atoms with E-state index in [-0.39, 0.29) is 5.41 Å². The van der Waals surface area contributed by atoms with Gasteiger partial charge in [-0.3, -0.25) is 0 Å². The van der Waals surface area contributed by atoms with Gasteiger partial charge in [0.1, 0.15) is 0 Å². The van der Waals surface area contributed by atoms with Crippen LogP contribution >= 0.6 is 0 Å². The molecule has 0 aliphatic heterocycles. The maximum atomic E-state index is 2.42. The maximum Gasteiger partial charge on any atom is 0.0725 e. The highest BCUT2D eigenvalue weighted by atomic mass is 15.1. The molecule has 62 heavy (non-hydrogen) atoms. The van der Waals surface area contributed by atoms with Gasteiger partial charge in [0.05, 0.1) is 5.41 Å². The molecule has 0 radical (unpaired) electrons. The van der Waals surface area contributed by atoms with Crippen LogP contribution < -0.4 is 4.90 Å². The number of nitrogens with zero attached hydrogens (tertiary/aromatic N) is 1. The average molecular weight is 788 g/mol. The Bertz CT molecular complexity index is 3110. The van der Waals surface area contributed by atoms with Gasteiger partial charge in [-0.25, -0.2) is 0 Å². The molecule has 1 heteroatoms. The minimum atomic E-state index is -0.319. The molecule has 290 valence electrons. The molecule has 1 spiro atoms. The molecule has 0 unspecified atom stereocenters. The number of benzene rings is 10. The van der Waals surface area contributed by atoms with Crippen LogP contribution in [-0.4, -0.2) is 0 Å². The Balaban J connectivity index is 0.868. The molecular formula is C61H41N. The molecule has 0 N–H and O–H groups in total. The van der Waals surface area contributed by atoms with Crippen molar-refractivity contribution >= 4 is 17.1 Å². The lowest BCUT2D eigenvalue weighted by Gasteiger charge is -2.30. The Hall–Kier alpha value is -8.00. The second-order valence-electron chi connectivity index (χ2n) is 16.4. The van der Waals surface area contributed by atoms with E-state index in [0.717, 1.165) is 17.1 Å². The summed E-state index contributed by atoms with van der Waals surface area (Å²) in [6.07, 6.45) is 0. The van der Waals surface area contributed by atoms with E-state index >= 15 is 0 Å². The lowest BCUT2D eigenvalue weighted by molar-refractivity contribution is 0.794. The summed E-state index contributed by atoms with van der Waals surface area (Å²) in [5, 5.41) is 0. The highest BCUT2D eigenvalue weighted by molar-refractivity contribution is 5.96. The minimum Gasteiger partial charge on any atom is -0.311 e. The summed E-state index contributed by atoms with van der Waals surface area (Å²) in [6, 6.07) is 91.1. The van der Waals surface area contributed by atoms with Crippen molar-refractivity contribution in [3.63, 3.8) is 0 Å². The Labute approximate surface area is 363 Å². The van der Waals surface area contributed by atoms with E-state index in [2.05, 4.69) is 254 Å². The predicted molar refractivity (Wildman–Crippen MR) is 259 cm³/mol. The molecule has 0 fully saturated rings. The molecule has 10 aromatic carbocycles. The number of rotatable bonds is 7. The van der Waals surface area contributed by atoms with Crippen molar-refractivity contribution in [1.82, 2.24) is 0 Å². The molecule has 10 aromatic rings. The number of anilines is 3. The van der Waals surface area contributed by atoms with E-state index in [1.165, 1.54) is 89.0 Å². The molecule has 0 atom stereocenters. The van der Waals surface area contributed by atoms with E-state index in [1.54, 1.807) is 0 Å². The van der Waals surface area contributed by atoms with Crippen molar-refractivity contribution in [3.8, 4) is 66.8 Å². The first-order chi connectivity index (χ1) is 30.7. The van der Waals surface area contributed by atoms with Crippen molar-refractivity contribution in [2.75, 3.05) is 4.90 Å². The Morgan fingerprint density at radius 1 is 0.210 bits per heavy atom. The zero-order valence-electron chi connectivity index (χ0n) is 34.1. The Morgan fingerprint density at radius 3 is 0.887 bits per heavy atom. The highest BCUT2D eigenvalue weighted by Crippen LogP contribution is 2.63. The molecule has 0 heterocycles.